The third-order valence-corrected chi connectivity index (χ3v) is 7.02. The van der Waals surface area contributed by atoms with Gasteiger partial charge < -0.3 is 5.32 Å². The van der Waals surface area contributed by atoms with Crippen molar-refractivity contribution in [3.63, 3.8) is 0 Å². The molecule has 1 N–H and O–H groups in total. The average Bonchev–Trinajstić information content (AvgIpc) is 3.02. The molecule has 0 bridgehead atoms. The zero-order chi connectivity index (χ0) is 14.3. The summed E-state index contributed by atoms with van der Waals surface area (Å²) in [6, 6.07) is 6.98. The Hall–Kier alpha value is -0.340. The molecule has 114 valence electrons. The lowest BCUT2D eigenvalue weighted by Gasteiger charge is -2.50. The Morgan fingerprint density at radius 2 is 1.95 bits per heavy atom. The highest BCUT2D eigenvalue weighted by molar-refractivity contribution is 9.10. The summed E-state index contributed by atoms with van der Waals surface area (Å²) in [5.41, 5.74) is 3.83. The third kappa shape index (κ3) is 2.59. The standard InChI is InChI=1S/C19H26BrN/c20-17-6-5-16-12-19(8-7-15(16)11-17)9-10-21-13-18(19)14-3-1-2-4-14/h5-6,11,14,18,21H,1-4,7-10,12-13H2. The maximum atomic E-state index is 3.71. The van der Waals surface area contributed by atoms with Crippen LogP contribution in [0, 0.1) is 17.3 Å². The van der Waals surface area contributed by atoms with Crippen LogP contribution in [0.2, 0.25) is 0 Å². The van der Waals surface area contributed by atoms with Gasteiger partial charge in [0.15, 0.2) is 0 Å². The first-order chi connectivity index (χ1) is 10.3. The molecule has 2 aliphatic carbocycles. The molecule has 1 spiro atoms. The van der Waals surface area contributed by atoms with Gasteiger partial charge in [-0.3, -0.25) is 0 Å². The number of benzene rings is 1. The van der Waals surface area contributed by atoms with Gasteiger partial charge in [0.25, 0.3) is 0 Å². The van der Waals surface area contributed by atoms with Gasteiger partial charge in [-0.1, -0.05) is 47.7 Å². The van der Waals surface area contributed by atoms with Gasteiger partial charge >= 0.3 is 0 Å². The molecule has 2 heteroatoms. The summed E-state index contributed by atoms with van der Waals surface area (Å²) in [4.78, 5) is 0. The number of piperidine rings is 1. The van der Waals surface area contributed by atoms with E-state index >= 15 is 0 Å². The van der Waals surface area contributed by atoms with Crippen LogP contribution in [0.5, 0.6) is 0 Å². The summed E-state index contributed by atoms with van der Waals surface area (Å²) in [7, 11) is 0. The van der Waals surface area contributed by atoms with E-state index in [2.05, 4.69) is 39.4 Å². The van der Waals surface area contributed by atoms with Gasteiger partial charge in [0, 0.05) is 4.47 Å². The molecule has 21 heavy (non-hydrogen) atoms. The highest BCUT2D eigenvalue weighted by Gasteiger charge is 2.46. The largest absolute Gasteiger partial charge is 0.316 e. The van der Waals surface area contributed by atoms with Crippen molar-refractivity contribution in [3.8, 4) is 0 Å². The van der Waals surface area contributed by atoms with E-state index in [-0.39, 0.29) is 0 Å². The Balaban J connectivity index is 1.64. The van der Waals surface area contributed by atoms with Crippen LogP contribution in [0.1, 0.15) is 49.7 Å². The Bertz CT molecular complexity index is 520. The Morgan fingerprint density at radius 1 is 1.10 bits per heavy atom. The van der Waals surface area contributed by atoms with Crippen LogP contribution in [-0.2, 0) is 12.8 Å². The van der Waals surface area contributed by atoms with Gasteiger partial charge in [0.05, 0.1) is 0 Å². The predicted molar refractivity (Wildman–Crippen MR) is 91.5 cm³/mol. The van der Waals surface area contributed by atoms with Crippen LogP contribution in [0.3, 0.4) is 0 Å². The van der Waals surface area contributed by atoms with E-state index in [1.54, 1.807) is 11.1 Å². The highest BCUT2D eigenvalue weighted by atomic mass is 79.9. The predicted octanol–water partition coefficient (Wildman–Crippen LogP) is 4.72. The fourth-order valence-corrected chi connectivity index (χ4v) is 5.81. The fraction of sp³-hybridized carbons (Fsp3) is 0.684. The maximum absolute atomic E-state index is 3.71. The lowest BCUT2D eigenvalue weighted by atomic mass is 9.58. The van der Waals surface area contributed by atoms with Crippen LogP contribution in [0.25, 0.3) is 0 Å². The van der Waals surface area contributed by atoms with Crippen molar-refractivity contribution < 1.29 is 0 Å². The lowest BCUT2D eigenvalue weighted by Crippen LogP contribution is -2.50. The number of rotatable bonds is 1. The van der Waals surface area contributed by atoms with Crippen molar-refractivity contribution in [2.24, 2.45) is 17.3 Å². The van der Waals surface area contributed by atoms with Crippen LogP contribution in [0.4, 0.5) is 0 Å². The minimum absolute atomic E-state index is 0.598. The number of fused-ring (bicyclic) bond motifs is 1. The molecule has 1 nitrogen and oxygen atoms in total. The van der Waals surface area contributed by atoms with Gasteiger partial charge in [-0.25, -0.2) is 0 Å². The van der Waals surface area contributed by atoms with E-state index in [0.29, 0.717) is 5.41 Å². The third-order valence-electron chi connectivity index (χ3n) is 6.52. The molecule has 0 radical (unpaired) electrons. The molecule has 1 saturated heterocycles. The molecular formula is C19H26BrN. The van der Waals surface area contributed by atoms with Gasteiger partial charge in [0.2, 0.25) is 0 Å². The topological polar surface area (TPSA) is 12.0 Å². The van der Waals surface area contributed by atoms with Crippen molar-refractivity contribution >= 4 is 15.9 Å². The second-order valence-corrected chi connectivity index (χ2v) is 8.47. The molecule has 3 aliphatic rings. The second-order valence-electron chi connectivity index (χ2n) is 7.56. The van der Waals surface area contributed by atoms with Crippen LogP contribution in [-0.4, -0.2) is 13.1 Å². The number of hydrogen-bond donors (Lipinski definition) is 1. The van der Waals surface area contributed by atoms with Crippen LogP contribution in [0.15, 0.2) is 22.7 Å². The van der Waals surface area contributed by atoms with Gasteiger partial charge in [0.1, 0.15) is 0 Å². The molecular weight excluding hydrogens is 322 g/mol. The fourth-order valence-electron chi connectivity index (χ4n) is 5.40. The molecule has 1 saturated carbocycles. The number of halogens is 1. The van der Waals surface area contributed by atoms with Crippen molar-refractivity contribution in [2.75, 3.05) is 13.1 Å². The van der Waals surface area contributed by atoms with Crippen molar-refractivity contribution in [3.05, 3.63) is 33.8 Å². The zero-order valence-electron chi connectivity index (χ0n) is 12.8. The number of hydrogen-bond acceptors (Lipinski definition) is 1. The molecule has 1 aromatic carbocycles. The minimum atomic E-state index is 0.598. The quantitative estimate of drug-likeness (QED) is 0.774. The van der Waals surface area contributed by atoms with Crippen LogP contribution >= 0.6 is 15.9 Å². The Kier molecular flexibility index (Phi) is 3.87. The SMILES string of the molecule is Brc1ccc2c(c1)CCC1(CCNCC1C1CCCC1)C2. The monoisotopic (exact) mass is 347 g/mol. The summed E-state index contributed by atoms with van der Waals surface area (Å²) >= 11 is 3.63. The zero-order valence-corrected chi connectivity index (χ0v) is 14.4. The summed E-state index contributed by atoms with van der Waals surface area (Å²) in [6.07, 6.45) is 11.4. The molecule has 1 heterocycles. The van der Waals surface area contributed by atoms with Crippen LogP contribution < -0.4 is 5.32 Å². The van der Waals surface area contributed by atoms with E-state index < -0.39 is 0 Å². The van der Waals surface area contributed by atoms with Gasteiger partial charge in [-0.15, -0.1) is 0 Å². The van der Waals surface area contributed by atoms with Crippen molar-refractivity contribution in [2.45, 2.75) is 51.4 Å². The normalized spacial score (nSPS) is 33.3. The van der Waals surface area contributed by atoms with E-state index in [0.717, 1.165) is 11.8 Å². The molecule has 1 aliphatic heterocycles. The van der Waals surface area contributed by atoms with E-state index in [9.17, 15) is 0 Å². The lowest BCUT2D eigenvalue weighted by molar-refractivity contribution is 0.0455. The highest BCUT2D eigenvalue weighted by Crippen LogP contribution is 2.51. The van der Waals surface area contributed by atoms with E-state index in [1.165, 1.54) is 68.9 Å². The summed E-state index contributed by atoms with van der Waals surface area (Å²) in [5.74, 6) is 1.92. The maximum Gasteiger partial charge on any atom is 0.0178 e. The molecule has 0 aromatic heterocycles. The number of nitrogens with one attached hydrogen (secondary N) is 1. The molecule has 4 rings (SSSR count). The first kappa shape index (κ1) is 14.3. The summed E-state index contributed by atoms with van der Waals surface area (Å²) < 4.78 is 1.25. The molecule has 2 atom stereocenters. The van der Waals surface area contributed by atoms with E-state index in [1.807, 2.05) is 0 Å². The van der Waals surface area contributed by atoms with Gasteiger partial charge in [-0.2, -0.15) is 0 Å². The van der Waals surface area contributed by atoms with Gasteiger partial charge in [-0.05, 0) is 79.3 Å². The minimum Gasteiger partial charge on any atom is -0.316 e. The molecule has 2 unspecified atom stereocenters. The summed E-state index contributed by atoms with van der Waals surface area (Å²) in [5, 5.41) is 3.71. The van der Waals surface area contributed by atoms with Crippen molar-refractivity contribution in [1.29, 1.82) is 0 Å². The average molecular weight is 348 g/mol. The smallest absolute Gasteiger partial charge is 0.0178 e. The van der Waals surface area contributed by atoms with E-state index in [4.69, 9.17) is 0 Å². The first-order valence-corrected chi connectivity index (χ1v) is 9.54. The first-order valence-electron chi connectivity index (χ1n) is 8.75. The Morgan fingerprint density at radius 3 is 2.81 bits per heavy atom. The Labute approximate surface area is 137 Å². The molecule has 1 aromatic rings. The summed E-state index contributed by atoms with van der Waals surface area (Å²) in [6.45, 7) is 2.51. The molecule has 0 amide bonds. The molecule has 2 fully saturated rings. The number of aryl methyl sites for hydroxylation is 1. The van der Waals surface area contributed by atoms with Crippen molar-refractivity contribution in [1.82, 2.24) is 5.32 Å². The second kappa shape index (κ2) is 5.70.